The number of halogens is 1. The van der Waals surface area contributed by atoms with Crippen LogP contribution in [0.1, 0.15) is 31.2 Å². The molecule has 0 spiro atoms. The minimum Gasteiger partial charge on any atom is -0.363 e. The third-order valence-electron chi connectivity index (χ3n) is 5.01. The van der Waals surface area contributed by atoms with Crippen LogP contribution < -0.4 is 20.9 Å². The van der Waals surface area contributed by atoms with E-state index in [9.17, 15) is 0 Å². The standard InChI is InChI=1S/C20H27ClN6S/c1-13-16(21)5-4-6-17(13)25-20(28)24-15-9-7-14(8-10-15)23-19-22-12-11-18(26-19)27(2)3/h4-6,11-12,14-15H,7-10H2,1-3H3,(H,22,23,26)(H2,24,25,28)/t14-,15+. The predicted octanol–water partition coefficient (Wildman–Crippen LogP) is 4.21. The number of hydrogen-bond acceptors (Lipinski definition) is 5. The maximum Gasteiger partial charge on any atom is 0.224 e. The largest absolute Gasteiger partial charge is 0.363 e. The van der Waals surface area contributed by atoms with E-state index in [1.165, 1.54) is 0 Å². The Labute approximate surface area is 177 Å². The van der Waals surface area contributed by atoms with Crippen LogP contribution in [-0.2, 0) is 0 Å². The smallest absolute Gasteiger partial charge is 0.224 e. The summed E-state index contributed by atoms with van der Waals surface area (Å²) < 4.78 is 0. The van der Waals surface area contributed by atoms with Gasteiger partial charge in [0.15, 0.2) is 5.11 Å². The molecule has 1 fully saturated rings. The van der Waals surface area contributed by atoms with Gasteiger partial charge in [0.2, 0.25) is 5.95 Å². The van der Waals surface area contributed by atoms with Crippen molar-refractivity contribution < 1.29 is 0 Å². The van der Waals surface area contributed by atoms with Crippen LogP contribution >= 0.6 is 23.8 Å². The van der Waals surface area contributed by atoms with E-state index in [4.69, 9.17) is 23.8 Å². The van der Waals surface area contributed by atoms with E-state index in [2.05, 4.69) is 25.9 Å². The number of aromatic nitrogens is 2. The summed E-state index contributed by atoms with van der Waals surface area (Å²) >= 11 is 11.7. The lowest BCUT2D eigenvalue weighted by Gasteiger charge is -2.30. The fourth-order valence-corrected chi connectivity index (χ4v) is 3.77. The van der Waals surface area contributed by atoms with E-state index in [0.29, 0.717) is 23.1 Å². The van der Waals surface area contributed by atoms with Gasteiger partial charge in [-0.25, -0.2) is 4.98 Å². The SMILES string of the molecule is Cc1c(Cl)cccc1NC(=S)N[C@H]1CC[C@@H](Nc2nccc(N(C)C)n2)CC1. The Morgan fingerprint density at radius 3 is 2.57 bits per heavy atom. The quantitative estimate of drug-likeness (QED) is 0.628. The van der Waals surface area contributed by atoms with Gasteiger partial charge in [0, 0.05) is 43.1 Å². The monoisotopic (exact) mass is 418 g/mol. The molecule has 0 unspecified atom stereocenters. The highest BCUT2D eigenvalue weighted by atomic mass is 35.5. The first-order valence-corrected chi connectivity index (χ1v) is 10.3. The molecule has 1 aliphatic rings. The minimum atomic E-state index is 0.367. The topological polar surface area (TPSA) is 65.1 Å². The maximum absolute atomic E-state index is 6.18. The Morgan fingerprint density at radius 1 is 1.14 bits per heavy atom. The predicted molar refractivity (Wildman–Crippen MR) is 122 cm³/mol. The summed E-state index contributed by atoms with van der Waals surface area (Å²) in [5, 5.41) is 11.5. The van der Waals surface area contributed by atoms with E-state index in [0.717, 1.165) is 47.8 Å². The first-order chi connectivity index (χ1) is 13.4. The fraction of sp³-hybridized carbons (Fsp3) is 0.450. The molecule has 6 nitrogen and oxygen atoms in total. The molecule has 1 aromatic carbocycles. The minimum absolute atomic E-state index is 0.367. The summed E-state index contributed by atoms with van der Waals surface area (Å²) in [5.41, 5.74) is 1.94. The lowest BCUT2D eigenvalue weighted by atomic mass is 9.91. The Hall–Kier alpha value is -2.12. The van der Waals surface area contributed by atoms with Crippen molar-refractivity contribution in [3.8, 4) is 0 Å². The average Bonchev–Trinajstić information content (AvgIpc) is 2.67. The maximum atomic E-state index is 6.18. The van der Waals surface area contributed by atoms with E-state index >= 15 is 0 Å². The lowest BCUT2D eigenvalue weighted by Crippen LogP contribution is -2.42. The number of nitrogens with one attached hydrogen (secondary N) is 3. The highest BCUT2D eigenvalue weighted by Crippen LogP contribution is 2.24. The molecule has 0 radical (unpaired) electrons. The number of rotatable bonds is 5. The van der Waals surface area contributed by atoms with Gasteiger partial charge >= 0.3 is 0 Å². The molecular weight excluding hydrogens is 392 g/mol. The second-order valence-corrected chi connectivity index (χ2v) is 8.15. The Morgan fingerprint density at radius 2 is 1.86 bits per heavy atom. The number of anilines is 3. The molecular formula is C20H27ClN6S. The molecule has 1 aromatic heterocycles. The molecule has 0 amide bonds. The van der Waals surface area contributed by atoms with Gasteiger partial charge in [-0.3, -0.25) is 0 Å². The van der Waals surface area contributed by atoms with Gasteiger partial charge in [0.25, 0.3) is 0 Å². The molecule has 150 valence electrons. The average molecular weight is 419 g/mol. The van der Waals surface area contributed by atoms with Gasteiger partial charge in [0.1, 0.15) is 5.82 Å². The molecule has 0 bridgehead atoms. The molecule has 0 aliphatic heterocycles. The van der Waals surface area contributed by atoms with Crippen molar-refractivity contribution >= 4 is 46.4 Å². The number of thiocarbonyl (C=S) groups is 1. The van der Waals surface area contributed by atoms with Crippen molar-refractivity contribution in [1.82, 2.24) is 15.3 Å². The van der Waals surface area contributed by atoms with Crippen LogP contribution in [0, 0.1) is 6.92 Å². The second-order valence-electron chi connectivity index (χ2n) is 7.34. The Balaban J connectivity index is 1.47. The molecule has 2 aromatic rings. The van der Waals surface area contributed by atoms with Gasteiger partial charge in [-0.15, -0.1) is 0 Å². The molecule has 1 saturated carbocycles. The molecule has 1 heterocycles. The lowest BCUT2D eigenvalue weighted by molar-refractivity contribution is 0.387. The zero-order valence-corrected chi connectivity index (χ0v) is 18.1. The molecule has 3 N–H and O–H groups in total. The van der Waals surface area contributed by atoms with E-state index in [1.54, 1.807) is 6.20 Å². The van der Waals surface area contributed by atoms with Crippen LogP contribution in [0.2, 0.25) is 5.02 Å². The van der Waals surface area contributed by atoms with Crippen molar-refractivity contribution in [3.05, 3.63) is 41.0 Å². The molecule has 1 aliphatic carbocycles. The molecule has 28 heavy (non-hydrogen) atoms. The molecule has 8 heteroatoms. The van der Waals surface area contributed by atoms with Crippen molar-refractivity contribution in [1.29, 1.82) is 0 Å². The van der Waals surface area contributed by atoms with Crippen molar-refractivity contribution in [3.63, 3.8) is 0 Å². The van der Waals surface area contributed by atoms with Crippen LogP contribution in [0.4, 0.5) is 17.5 Å². The summed E-state index contributed by atoms with van der Waals surface area (Å²) in [6.07, 6.45) is 5.97. The van der Waals surface area contributed by atoms with Crippen LogP contribution in [0.15, 0.2) is 30.5 Å². The molecule has 0 atom stereocenters. The third kappa shape index (κ3) is 5.45. The van der Waals surface area contributed by atoms with Crippen LogP contribution in [0.5, 0.6) is 0 Å². The summed E-state index contributed by atoms with van der Waals surface area (Å²) in [6.45, 7) is 1.98. The number of nitrogens with zero attached hydrogens (tertiary/aromatic N) is 3. The van der Waals surface area contributed by atoms with Crippen molar-refractivity contribution in [2.24, 2.45) is 0 Å². The van der Waals surface area contributed by atoms with Gasteiger partial charge < -0.3 is 20.9 Å². The Bertz CT molecular complexity index is 820. The first kappa shape index (κ1) is 20.6. The number of hydrogen-bond donors (Lipinski definition) is 3. The van der Waals surface area contributed by atoms with E-state index in [1.807, 2.05) is 50.2 Å². The van der Waals surface area contributed by atoms with Crippen molar-refractivity contribution in [2.45, 2.75) is 44.7 Å². The van der Waals surface area contributed by atoms with Gasteiger partial charge in [0.05, 0.1) is 0 Å². The number of benzene rings is 1. The van der Waals surface area contributed by atoms with Gasteiger partial charge in [-0.1, -0.05) is 17.7 Å². The molecule has 3 rings (SSSR count). The summed E-state index contributed by atoms with van der Waals surface area (Å²) in [7, 11) is 3.95. The van der Waals surface area contributed by atoms with Gasteiger partial charge in [-0.2, -0.15) is 4.98 Å². The summed E-state index contributed by atoms with van der Waals surface area (Å²) in [6, 6.07) is 8.44. The first-order valence-electron chi connectivity index (χ1n) is 9.52. The molecule has 0 saturated heterocycles. The Kier molecular flexibility index (Phi) is 6.91. The van der Waals surface area contributed by atoms with Gasteiger partial charge in [-0.05, 0) is 68.6 Å². The zero-order chi connectivity index (χ0) is 20.1. The third-order valence-corrected chi connectivity index (χ3v) is 5.64. The van der Waals surface area contributed by atoms with E-state index < -0.39 is 0 Å². The van der Waals surface area contributed by atoms with E-state index in [-0.39, 0.29) is 0 Å². The van der Waals surface area contributed by atoms with Crippen molar-refractivity contribution in [2.75, 3.05) is 29.6 Å². The summed E-state index contributed by atoms with van der Waals surface area (Å²) in [5.74, 6) is 1.59. The van der Waals surface area contributed by atoms with Crippen LogP contribution in [0.3, 0.4) is 0 Å². The van der Waals surface area contributed by atoms with Crippen LogP contribution in [0.25, 0.3) is 0 Å². The highest BCUT2D eigenvalue weighted by Gasteiger charge is 2.22. The summed E-state index contributed by atoms with van der Waals surface area (Å²) in [4.78, 5) is 10.9. The normalized spacial score (nSPS) is 19.0. The second kappa shape index (κ2) is 9.39. The van der Waals surface area contributed by atoms with Crippen LogP contribution in [-0.4, -0.2) is 41.3 Å². The fourth-order valence-electron chi connectivity index (χ4n) is 3.32. The zero-order valence-electron chi connectivity index (χ0n) is 16.5. The highest BCUT2D eigenvalue weighted by molar-refractivity contribution is 7.80.